The first-order valence-corrected chi connectivity index (χ1v) is 11.8. The minimum absolute atomic E-state index is 0.179. The topological polar surface area (TPSA) is 77.9 Å². The average molecular weight is 415 g/mol. The molecule has 2 heterocycles. The summed E-state index contributed by atoms with van der Waals surface area (Å²) in [6, 6.07) is 5.56. The maximum absolute atomic E-state index is 13.3. The van der Waals surface area contributed by atoms with Crippen LogP contribution in [0.15, 0.2) is 18.2 Å². The second kappa shape index (κ2) is 10.2. The Hall–Kier alpha value is -1.67. The molecule has 0 saturated carbocycles. The number of rotatable bonds is 4. The first-order valence-electron chi connectivity index (χ1n) is 9.74. The van der Waals surface area contributed by atoms with E-state index in [0.717, 1.165) is 63.1 Å². The number of piperidine rings is 2. The molecule has 2 saturated heterocycles. The van der Waals surface area contributed by atoms with Crippen molar-refractivity contribution in [2.24, 2.45) is 5.92 Å². The van der Waals surface area contributed by atoms with E-state index in [1.807, 2.05) is 13.0 Å². The van der Waals surface area contributed by atoms with Crippen molar-refractivity contribution in [1.29, 1.82) is 0 Å². The predicted molar refractivity (Wildman–Crippen MR) is 109 cm³/mol. The summed E-state index contributed by atoms with van der Waals surface area (Å²) >= 11 is 0. The highest BCUT2D eigenvalue weighted by atomic mass is 32.2. The van der Waals surface area contributed by atoms with Gasteiger partial charge in [-0.1, -0.05) is 0 Å². The van der Waals surface area contributed by atoms with E-state index in [-0.39, 0.29) is 18.2 Å². The molecular formula is C20H31FN2O4S. The summed E-state index contributed by atoms with van der Waals surface area (Å²) in [6.07, 6.45) is 5.63. The molecule has 0 bridgehead atoms. The van der Waals surface area contributed by atoms with Gasteiger partial charge in [0.25, 0.3) is 6.47 Å². The second-order valence-corrected chi connectivity index (χ2v) is 10.0. The van der Waals surface area contributed by atoms with Gasteiger partial charge in [0.2, 0.25) is 0 Å². The molecular weight excluding hydrogens is 383 g/mol. The highest BCUT2D eigenvalue weighted by molar-refractivity contribution is 7.90. The van der Waals surface area contributed by atoms with Crippen LogP contribution < -0.4 is 4.90 Å². The zero-order chi connectivity index (χ0) is 20.7. The summed E-state index contributed by atoms with van der Waals surface area (Å²) in [4.78, 5) is 13.2. The van der Waals surface area contributed by atoms with Gasteiger partial charge in [-0.05, 0) is 68.8 Å². The molecule has 0 amide bonds. The molecule has 158 valence electrons. The van der Waals surface area contributed by atoms with Crippen molar-refractivity contribution in [3.8, 4) is 0 Å². The van der Waals surface area contributed by atoms with E-state index in [0.29, 0.717) is 11.8 Å². The van der Waals surface area contributed by atoms with E-state index < -0.39 is 9.84 Å². The van der Waals surface area contributed by atoms with Gasteiger partial charge in [-0.2, -0.15) is 0 Å². The molecule has 1 N–H and O–H groups in total. The third-order valence-corrected chi connectivity index (χ3v) is 6.65. The normalized spacial score (nSPS) is 21.7. The van der Waals surface area contributed by atoms with E-state index in [4.69, 9.17) is 9.90 Å². The molecule has 1 atom stereocenters. The van der Waals surface area contributed by atoms with Gasteiger partial charge in [-0.25, -0.2) is 12.8 Å². The first-order chi connectivity index (χ1) is 13.2. The molecule has 2 aliphatic rings. The van der Waals surface area contributed by atoms with Crippen LogP contribution in [-0.4, -0.2) is 69.1 Å². The molecule has 0 spiro atoms. The largest absolute Gasteiger partial charge is 0.483 e. The third kappa shape index (κ3) is 6.74. The number of hydrogen-bond acceptors (Lipinski definition) is 5. The lowest BCUT2D eigenvalue weighted by Gasteiger charge is -2.43. The molecule has 2 aliphatic heterocycles. The van der Waals surface area contributed by atoms with Crippen LogP contribution in [0.4, 0.5) is 10.1 Å². The van der Waals surface area contributed by atoms with E-state index in [1.54, 1.807) is 6.07 Å². The van der Waals surface area contributed by atoms with Crippen LogP contribution in [0.3, 0.4) is 0 Å². The Morgan fingerprint density at radius 1 is 1.21 bits per heavy atom. The Labute approximate surface area is 167 Å². The molecule has 1 aromatic carbocycles. The predicted octanol–water partition coefficient (Wildman–Crippen LogP) is 2.56. The number of carboxylic acid groups (broad SMARTS) is 1. The quantitative estimate of drug-likeness (QED) is 0.763. The van der Waals surface area contributed by atoms with Crippen LogP contribution >= 0.6 is 0 Å². The van der Waals surface area contributed by atoms with Gasteiger partial charge in [0.1, 0.15) is 15.7 Å². The number of hydrogen-bond donors (Lipinski definition) is 1. The van der Waals surface area contributed by atoms with Gasteiger partial charge in [0.15, 0.2) is 0 Å². The summed E-state index contributed by atoms with van der Waals surface area (Å²) in [5.41, 5.74) is 2.12. The summed E-state index contributed by atoms with van der Waals surface area (Å²) in [5, 5.41) is 6.89. The van der Waals surface area contributed by atoms with Crippen molar-refractivity contribution in [3.05, 3.63) is 29.6 Å². The van der Waals surface area contributed by atoms with Crippen LogP contribution in [0.2, 0.25) is 0 Å². The number of carbonyl (C=O) groups is 1. The van der Waals surface area contributed by atoms with E-state index in [9.17, 15) is 12.8 Å². The summed E-state index contributed by atoms with van der Waals surface area (Å²) in [6.45, 7) is 5.66. The van der Waals surface area contributed by atoms with Gasteiger partial charge in [0, 0.05) is 37.6 Å². The molecule has 0 aromatic heterocycles. The first kappa shape index (κ1) is 22.6. The SMILES string of the molecule is Cc1cc(F)ccc1N1CCC(N2CCCC(CS(C)(=O)=O)C2)CC1.O=CO. The Kier molecular flexibility index (Phi) is 8.24. The van der Waals surface area contributed by atoms with Gasteiger partial charge in [0.05, 0.1) is 5.75 Å². The van der Waals surface area contributed by atoms with Crippen LogP contribution in [-0.2, 0) is 14.6 Å². The highest BCUT2D eigenvalue weighted by Crippen LogP contribution is 2.28. The molecule has 1 aromatic rings. The lowest BCUT2D eigenvalue weighted by atomic mass is 9.94. The molecule has 0 aliphatic carbocycles. The minimum atomic E-state index is -2.90. The van der Waals surface area contributed by atoms with E-state index in [2.05, 4.69) is 9.80 Å². The Bertz CT molecular complexity index is 749. The Morgan fingerprint density at radius 2 is 1.86 bits per heavy atom. The van der Waals surface area contributed by atoms with Crippen LogP contribution in [0, 0.1) is 18.7 Å². The van der Waals surface area contributed by atoms with Gasteiger partial charge in [-0.3, -0.25) is 9.69 Å². The Morgan fingerprint density at radius 3 is 2.43 bits per heavy atom. The molecule has 3 rings (SSSR count). The number of likely N-dealkylation sites (tertiary alicyclic amines) is 1. The van der Waals surface area contributed by atoms with Crippen molar-refractivity contribution in [2.75, 3.05) is 43.1 Å². The maximum atomic E-state index is 13.3. The maximum Gasteiger partial charge on any atom is 0.290 e. The zero-order valence-electron chi connectivity index (χ0n) is 16.7. The van der Waals surface area contributed by atoms with Crippen molar-refractivity contribution < 1.29 is 22.7 Å². The average Bonchev–Trinajstić information content (AvgIpc) is 2.61. The van der Waals surface area contributed by atoms with Gasteiger partial charge >= 0.3 is 0 Å². The number of benzene rings is 1. The van der Waals surface area contributed by atoms with E-state index in [1.165, 1.54) is 12.3 Å². The Balaban J connectivity index is 0.000000878. The molecule has 1 unspecified atom stereocenters. The third-order valence-electron chi connectivity index (χ3n) is 5.57. The summed E-state index contributed by atoms with van der Waals surface area (Å²) in [5.74, 6) is 0.416. The molecule has 8 heteroatoms. The van der Waals surface area contributed by atoms with Crippen molar-refractivity contribution in [3.63, 3.8) is 0 Å². The molecule has 0 radical (unpaired) electrons. The van der Waals surface area contributed by atoms with Gasteiger partial charge in [-0.15, -0.1) is 0 Å². The van der Waals surface area contributed by atoms with Gasteiger partial charge < -0.3 is 10.0 Å². The monoisotopic (exact) mass is 414 g/mol. The van der Waals surface area contributed by atoms with Crippen LogP contribution in [0.1, 0.15) is 31.2 Å². The zero-order valence-corrected chi connectivity index (χ0v) is 17.5. The fourth-order valence-corrected chi connectivity index (χ4v) is 5.57. The highest BCUT2D eigenvalue weighted by Gasteiger charge is 2.30. The standard InChI is InChI=1S/C19H29FN2O2S.CH2O2/c1-15-12-17(20)5-6-19(15)21-10-7-18(8-11-21)22-9-3-4-16(13-22)14-25(2,23)24;2-1-3/h5-6,12,16,18H,3-4,7-11,13-14H2,1-2H3;1H,(H,2,3). The lowest BCUT2D eigenvalue weighted by molar-refractivity contribution is -0.122. The molecule has 28 heavy (non-hydrogen) atoms. The number of aryl methyl sites for hydroxylation is 1. The summed E-state index contributed by atoms with van der Waals surface area (Å²) in [7, 11) is -2.90. The fraction of sp³-hybridized carbons (Fsp3) is 0.650. The summed E-state index contributed by atoms with van der Waals surface area (Å²) < 4.78 is 36.5. The fourth-order valence-electron chi connectivity index (χ4n) is 4.44. The van der Waals surface area contributed by atoms with Crippen LogP contribution in [0.25, 0.3) is 0 Å². The molecule has 2 fully saturated rings. The van der Waals surface area contributed by atoms with Crippen LogP contribution in [0.5, 0.6) is 0 Å². The lowest BCUT2D eigenvalue weighted by Crippen LogP contribution is -2.49. The minimum Gasteiger partial charge on any atom is -0.483 e. The molecule has 6 nitrogen and oxygen atoms in total. The van der Waals surface area contributed by atoms with E-state index >= 15 is 0 Å². The number of anilines is 1. The van der Waals surface area contributed by atoms with Crippen molar-refractivity contribution in [1.82, 2.24) is 4.90 Å². The number of halogens is 1. The van der Waals surface area contributed by atoms with Crippen molar-refractivity contribution >= 4 is 22.0 Å². The van der Waals surface area contributed by atoms with Crippen molar-refractivity contribution in [2.45, 2.75) is 38.6 Å². The second-order valence-electron chi connectivity index (χ2n) is 7.85. The number of nitrogens with zero attached hydrogens (tertiary/aromatic N) is 2. The smallest absolute Gasteiger partial charge is 0.290 e. The number of sulfone groups is 1.